The quantitative estimate of drug-likeness (QED) is 0.582. The lowest BCUT2D eigenvalue weighted by molar-refractivity contribution is 0.0697. The molecule has 2 N–H and O–H groups in total. The van der Waals surface area contributed by atoms with Crippen LogP contribution in [0.5, 0.6) is 0 Å². The van der Waals surface area contributed by atoms with Crippen LogP contribution in [0.2, 0.25) is 10.2 Å². The van der Waals surface area contributed by atoms with Crippen LogP contribution >= 0.6 is 45.8 Å². The number of anilines is 2. The molecule has 0 bridgehead atoms. The molecule has 0 radical (unpaired) electrons. The van der Waals surface area contributed by atoms with Crippen LogP contribution in [0.1, 0.15) is 10.4 Å². The van der Waals surface area contributed by atoms with E-state index >= 15 is 0 Å². The number of halogens is 3. The van der Waals surface area contributed by atoms with Gasteiger partial charge >= 0.3 is 5.97 Å². The molecule has 2 aromatic rings. The molecule has 2 rings (SSSR count). The molecule has 0 unspecified atom stereocenters. The fourth-order valence-corrected chi connectivity index (χ4v) is 2.47. The van der Waals surface area contributed by atoms with Gasteiger partial charge in [0, 0.05) is 3.57 Å². The van der Waals surface area contributed by atoms with E-state index in [4.69, 9.17) is 28.3 Å². The molecule has 0 aliphatic heterocycles. The maximum Gasteiger partial charge on any atom is 0.339 e. The van der Waals surface area contributed by atoms with Gasteiger partial charge in [-0.25, -0.2) is 9.78 Å². The number of aromatic nitrogens is 1. The minimum atomic E-state index is -1.09. The summed E-state index contributed by atoms with van der Waals surface area (Å²) in [5.41, 5.74) is 0.596. The smallest absolute Gasteiger partial charge is 0.339 e. The summed E-state index contributed by atoms with van der Waals surface area (Å²) in [6, 6.07) is 8.17. The van der Waals surface area contributed by atoms with Crippen molar-refractivity contribution in [3.8, 4) is 0 Å². The number of pyridine rings is 1. The van der Waals surface area contributed by atoms with Crippen molar-refractivity contribution in [2.24, 2.45) is 0 Å². The Morgan fingerprint density at radius 2 is 2.00 bits per heavy atom. The summed E-state index contributed by atoms with van der Waals surface area (Å²) in [4.78, 5) is 15.1. The van der Waals surface area contributed by atoms with Crippen LogP contribution < -0.4 is 5.32 Å². The van der Waals surface area contributed by atoms with Crippen molar-refractivity contribution >= 4 is 63.3 Å². The fraction of sp³-hybridized carbons (Fsp3) is 0. The van der Waals surface area contributed by atoms with Crippen LogP contribution in [0, 0.1) is 3.57 Å². The molecule has 98 valence electrons. The summed E-state index contributed by atoms with van der Waals surface area (Å²) >= 11 is 14.0. The molecule has 1 aromatic heterocycles. The molecule has 0 atom stereocenters. The zero-order valence-electron chi connectivity index (χ0n) is 9.32. The van der Waals surface area contributed by atoms with Crippen molar-refractivity contribution in [3.63, 3.8) is 0 Å². The van der Waals surface area contributed by atoms with E-state index < -0.39 is 5.97 Å². The summed E-state index contributed by atoms with van der Waals surface area (Å²) in [5.74, 6) is -0.934. The van der Waals surface area contributed by atoms with Crippen molar-refractivity contribution in [3.05, 3.63) is 49.6 Å². The van der Waals surface area contributed by atoms with Crippen molar-refractivity contribution < 1.29 is 9.90 Å². The van der Waals surface area contributed by atoms with Crippen molar-refractivity contribution in [2.45, 2.75) is 0 Å². The molecule has 1 aromatic carbocycles. The van der Waals surface area contributed by atoms with Gasteiger partial charge in [-0.15, -0.1) is 0 Å². The molecule has 0 saturated carbocycles. The van der Waals surface area contributed by atoms with Crippen LogP contribution in [0.3, 0.4) is 0 Å². The topological polar surface area (TPSA) is 62.2 Å². The first-order chi connectivity index (χ1) is 8.97. The predicted molar refractivity (Wildman–Crippen MR) is 83.7 cm³/mol. The minimum Gasteiger partial charge on any atom is -0.478 e. The molecule has 0 amide bonds. The van der Waals surface area contributed by atoms with Gasteiger partial charge in [0.1, 0.15) is 16.5 Å². The van der Waals surface area contributed by atoms with E-state index in [2.05, 4.69) is 32.9 Å². The Labute approximate surface area is 132 Å². The van der Waals surface area contributed by atoms with Gasteiger partial charge < -0.3 is 10.4 Å². The van der Waals surface area contributed by atoms with Crippen LogP contribution in [-0.4, -0.2) is 16.1 Å². The van der Waals surface area contributed by atoms with Gasteiger partial charge in [0.05, 0.1) is 10.7 Å². The van der Waals surface area contributed by atoms with E-state index in [1.807, 2.05) is 6.07 Å². The normalized spacial score (nSPS) is 10.3. The standard InChI is InChI=1S/C12H7Cl2IN2O2/c13-8-5-6(15)1-3-9(8)16-11-7(12(18)19)2-4-10(14)17-11/h1-5H,(H,16,17)(H,18,19). The van der Waals surface area contributed by atoms with E-state index in [-0.39, 0.29) is 16.5 Å². The molecule has 4 nitrogen and oxygen atoms in total. The number of hydrogen-bond acceptors (Lipinski definition) is 3. The number of carboxylic acid groups (broad SMARTS) is 1. The molecule has 7 heteroatoms. The second-order valence-corrected chi connectivity index (χ2v) is 5.62. The number of aromatic carboxylic acids is 1. The van der Waals surface area contributed by atoms with Gasteiger partial charge in [-0.3, -0.25) is 0 Å². The third-order valence-electron chi connectivity index (χ3n) is 2.28. The van der Waals surface area contributed by atoms with Crippen LogP contribution in [-0.2, 0) is 0 Å². The molecule has 0 saturated heterocycles. The predicted octanol–water partition coefficient (Wildman–Crippen LogP) is 4.43. The highest BCUT2D eigenvalue weighted by Gasteiger charge is 2.13. The molecular weight excluding hydrogens is 402 g/mol. The number of hydrogen-bond donors (Lipinski definition) is 2. The van der Waals surface area contributed by atoms with E-state index in [0.29, 0.717) is 10.7 Å². The van der Waals surface area contributed by atoms with E-state index in [9.17, 15) is 4.79 Å². The lowest BCUT2D eigenvalue weighted by Crippen LogP contribution is -2.05. The number of nitrogens with zero attached hydrogens (tertiary/aromatic N) is 1. The minimum absolute atomic E-state index is 0.0269. The summed E-state index contributed by atoms with van der Waals surface area (Å²) in [6.07, 6.45) is 0. The number of nitrogens with one attached hydrogen (secondary N) is 1. The molecule has 0 aliphatic carbocycles. The third-order valence-corrected chi connectivity index (χ3v) is 3.47. The maximum absolute atomic E-state index is 11.1. The Bertz CT molecular complexity index is 650. The monoisotopic (exact) mass is 408 g/mol. The van der Waals surface area contributed by atoms with Crippen molar-refractivity contribution in [1.29, 1.82) is 0 Å². The Kier molecular flexibility index (Phi) is 4.49. The first-order valence-corrected chi connectivity index (χ1v) is 6.93. The molecule has 0 aliphatic rings. The lowest BCUT2D eigenvalue weighted by Gasteiger charge is -2.10. The van der Waals surface area contributed by atoms with Crippen molar-refractivity contribution in [2.75, 3.05) is 5.32 Å². The molecule has 19 heavy (non-hydrogen) atoms. The largest absolute Gasteiger partial charge is 0.478 e. The zero-order chi connectivity index (χ0) is 14.0. The first kappa shape index (κ1) is 14.4. The van der Waals surface area contributed by atoms with E-state index in [0.717, 1.165) is 3.57 Å². The number of rotatable bonds is 3. The van der Waals surface area contributed by atoms with Gasteiger partial charge in [-0.2, -0.15) is 0 Å². The Balaban J connectivity index is 2.42. The SMILES string of the molecule is O=C(O)c1ccc(Cl)nc1Nc1ccc(I)cc1Cl. The number of carbonyl (C=O) groups is 1. The second kappa shape index (κ2) is 5.94. The molecular formula is C12H7Cl2IN2O2. The first-order valence-electron chi connectivity index (χ1n) is 5.09. The summed E-state index contributed by atoms with van der Waals surface area (Å²) in [6.45, 7) is 0. The van der Waals surface area contributed by atoms with E-state index in [1.54, 1.807) is 12.1 Å². The van der Waals surface area contributed by atoms with E-state index in [1.165, 1.54) is 12.1 Å². The average Bonchev–Trinajstić information content (AvgIpc) is 2.32. The van der Waals surface area contributed by atoms with Gasteiger partial charge in [0.25, 0.3) is 0 Å². The molecule has 0 spiro atoms. The summed E-state index contributed by atoms with van der Waals surface area (Å²) in [7, 11) is 0. The second-order valence-electron chi connectivity index (χ2n) is 3.58. The Hall–Kier alpha value is -1.05. The van der Waals surface area contributed by atoms with Gasteiger partial charge in [-0.1, -0.05) is 23.2 Å². The summed E-state index contributed by atoms with van der Waals surface area (Å²) < 4.78 is 0.977. The number of benzene rings is 1. The average molecular weight is 409 g/mol. The molecule has 0 fully saturated rings. The maximum atomic E-state index is 11.1. The Morgan fingerprint density at radius 3 is 2.63 bits per heavy atom. The highest BCUT2D eigenvalue weighted by Crippen LogP contribution is 2.28. The highest BCUT2D eigenvalue weighted by atomic mass is 127. The molecule has 1 heterocycles. The summed E-state index contributed by atoms with van der Waals surface area (Å²) in [5, 5.41) is 12.6. The third kappa shape index (κ3) is 3.49. The van der Waals surface area contributed by atoms with Gasteiger partial charge in [-0.05, 0) is 52.9 Å². The van der Waals surface area contributed by atoms with Crippen LogP contribution in [0.4, 0.5) is 11.5 Å². The lowest BCUT2D eigenvalue weighted by atomic mass is 10.2. The fourth-order valence-electron chi connectivity index (χ4n) is 1.42. The van der Waals surface area contributed by atoms with Gasteiger partial charge in [0.2, 0.25) is 0 Å². The zero-order valence-corrected chi connectivity index (χ0v) is 13.0. The van der Waals surface area contributed by atoms with Crippen LogP contribution in [0.25, 0.3) is 0 Å². The van der Waals surface area contributed by atoms with Crippen molar-refractivity contribution in [1.82, 2.24) is 4.98 Å². The number of carboxylic acids is 1. The van der Waals surface area contributed by atoms with Crippen LogP contribution in [0.15, 0.2) is 30.3 Å². The van der Waals surface area contributed by atoms with Gasteiger partial charge in [0.15, 0.2) is 0 Å². The highest BCUT2D eigenvalue weighted by molar-refractivity contribution is 14.1. The Morgan fingerprint density at radius 1 is 1.26 bits per heavy atom.